The van der Waals surface area contributed by atoms with E-state index in [-0.39, 0.29) is 5.97 Å². The number of hydrogen-bond acceptors (Lipinski definition) is 3. The molecule has 82 valence electrons. The molecule has 0 unspecified atom stereocenters. The minimum atomic E-state index is -0.488. The summed E-state index contributed by atoms with van der Waals surface area (Å²) < 4.78 is 10.3. The molecule has 3 nitrogen and oxygen atoms in total. The van der Waals surface area contributed by atoms with Crippen LogP contribution in [0.2, 0.25) is 0 Å². The van der Waals surface area contributed by atoms with Gasteiger partial charge in [-0.2, -0.15) is 0 Å². The second-order valence-electron chi connectivity index (χ2n) is 3.21. The molecule has 1 rings (SSSR count). The van der Waals surface area contributed by atoms with Gasteiger partial charge in [0.15, 0.2) is 6.29 Å². The van der Waals surface area contributed by atoms with Crippen molar-refractivity contribution in [3.63, 3.8) is 0 Å². The predicted octanol–water partition coefficient (Wildman–Crippen LogP) is 2.50. The maximum absolute atomic E-state index is 10.9. The van der Waals surface area contributed by atoms with Gasteiger partial charge in [0.05, 0.1) is 6.61 Å². The van der Waals surface area contributed by atoms with E-state index in [0.29, 0.717) is 13.0 Å². The summed E-state index contributed by atoms with van der Waals surface area (Å²) in [6, 6.07) is 9.77. The first-order valence-electron chi connectivity index (χ1n) is 5.07. The van der Waals surface area contributed by atoms with Gasteiger partial charge in [0.2, 0.25) is 0 Å². The molecule has 0 aliphatic carbocycles. The lowest BCUT2D eigenvalue weighted by Crippen LogP contribution is -2.17. The second kappa shape index (κ2) is 6.19. The van der Waals surface area contributed by atoms with Crippen LogP contribution in [0, 0.1) is 0 Å². The molecule has 1 aromatic carbocycles. The Morgan fingerprint density at radius 2 is 2.00 bits per heavy atom. The Labute approximate surface area is 90.0 Å². The molecule has 0 saturated heterocycles. The first-order valence-corrected chi connectivity index (χ1v) is 5.07. The van der Waals surface area contributed by atoms with Crippen molar-refractivity contribution in [1.82, 2.24) is 0 Å². The predicted molar refractivity (Wildman–Crippen MR) is 57.1 cm³/mol. The zero-order valence-electron chi connectivity index (χ0n) is 9.10. The molecular weight excluding hydrogens is 192 g/mol. The fourth-order valence-corrected chi connectivity index (χ4v) is 1.09. The van der Waals surface area contributed by atoms with E-state index in [0.717, 1.165) is 5.56 Å². The Bertz CT molecular complexity index is 295. The fraction of sp³-hybridized carbons (Fsp3) is 0.417. The van der Waals surface area contributed by atoms with Crippen molar-refractivity contribution in [3.05, 3.63) is 35.9 Å². The second-order valence-corrected chi connectivity index (χ2v) is 3.21. The van der Waals surface area contributed by atoms with Gasteiger partial charge in [-0.05, 0) is 12.5 Å². The molecule has 0 aliphatic rings. The van der Waals surface area contributed by atoms with Crippen LogP contribution in [-0.4, -0.2) is 12.3 Å². The average Bonchev–Trinajstić information content (AvgIpc) is 2.27. The molecule has 0 radical (unpaired) electrons. The molecule has 0 heterocycles. The average molecular weight is 208 g/mol. The number of carbonyl (C=O) groups is 1. The topological polar surface area (TPSA) is 35.5 Å². The number of ether oxygens (including phenoxy) is 2. The molecule has 0 fully saturated rings. The minimum absolute atomic E-state index is 0.240. The monoisotopic (exact) mass is 208 g/mol. The van der Waals surface area contributed by atoms with Gasteiger partial charge in [0, 0.05) is 6.42 Å². The van der Waals surface area contributed by atoms with Crippen molar-refractivity contribution < 1.29 is 14.3 Å². The van der Waals surface area contributed by atoms with E-state index in [9.17, 15) is 4.79 Å². The zero-order chi connectivity index (χ0) is 11.1. The Balaban J connectivity index is 2.28. The molecule has 0 N–H and O–H groups in total. The zero-order valence-corrected chi connectivity index (χ0v) is 9.10. The largest absolute Gasteiger partial charge is 0.436 e. The van der Waals surface area contributed by atoms with Crippen molar-refractivity contribution in [2.45, 2.75) is 33.2 Å². The molecule has 0 saturated carbocycles. The van der Waals surface area contributed by atoms with Gasteiger partial charge < -0.3 is 9.47 Å². The molecule has 0 aromatic heterocycles. The van der Waals surface area contributed by atoms with Gasteiger partial charge >= 0.3 is 5.97 Å². The molecular formula is C12H16O3. The van der Waals surface area contributed by atoms with Crippen LogP contribution in [0.5, 0.6) is 0 Å². The molecule has 3 heteroatoms. The van der Waals surface area contributed by atoms with Crippen molar-refractivity contribution in [2.75, 3.05) is 0 Å². The number of rotatable bonds is 5. The summed E-state index contributed by atoms with van der Waals surface area (Å²) in [6.45, 7) is 3.93. The molecule has 15 heavy (non-hydrogen) atoms. The third-order valence-corrected chi connectivity index (χ3v) is 1.91. The van der Waals surface area contributed by atoms with Crippen molar-refractivity contribution >= 4 is 5.97 Å². The van der Waals surface area contributed by atoms with Crippen molar-refractivity contribution in [3.8, 4) is 0 Å². The lowest BCUT2D eigenvalue weighted by molar-refractivity contribution is -0.176. The first-order chi connectivity index (χ1) is 7.22. The van der Waals surface area contributed by atoms with E-state index in [1.54, 1.807) is 13.8 Å². The number of carbonyl (C=O) groups excluding carboxylic acids is 1. The fourth-order valence-electron chi connectivity index (χ4n) is 1.09. The molecule has 1 aromatic rings. The summed E-state index contributed by atoms with van der Waals surface area (Å²) in [5.74, 6) is -0.240. The summed E-state index contributed by atoms with van der Waals surface area (Å²) in [4.78, 5) is 10.9. The van der Waals surface area contributed by atoms with Gasteiger partial charge in [-0.1, -0.05) is 37.3 Å². The lowest BCUT2D eigenvalue weighted by Gasteiger charge is -2.13. The third kappa shape index (κ3) is 4.61. The summed E-state index contributed by atoms with van der Waals surface area (Å²) >= 11 is 0. The highest BCUT2D eigenvalue weighted by Gasteiger charge is 2.07. The highest BCUT2D eigenvalue weighted by atomic mass is 16.7. The molecule has 0 bridgehead atoms. The highest BCUT2D eigenvalue weighted by Crippen LogP contribution is 2.04. The van der Waals surface area contributed by atoms with Crippen LogP contribution in [0.4, 0.5) is 0 Å². The van der Waals surface area contributed by atoms with Crippen molar-refractivity contribution in [2.24, 2.45) is 0 Å². The minimum Gasteiger partial charge on any atom is -0.436 e. The van der Waals surface area contributed by atoms with Crippen LogP contribution in [0.15, 0.2) is 30.3 Å². The van der Waals surface area contributed by atoms with Crippen LogP contribution in [0.25, 0.3) is 0 Å². The van der Waals surface area contributed by atoms with E-state index in [1.807, 2.05) is 30.3 Å². The van der Waals surface area contributed by atoms with Gasteiger partial charge in [-0.3, -0.25) is 4.79 Å². The van der Waals surface area contributed by atoms with E-state index in [4.69, 9.17) is 9.47 Å². The van der Waals surface area contributed by atoms with Gasteiger partial charge in [0.25, 0.3) is 0 Å². The normalized spacial score (nSPS) is 12.1. The van der Waals surface area contributed by atoms with Gasteiger partial charge in [-0.15, -0.1) is 0 Å². The first kappa shape index (κ1) is 11.7. The van der Waals surface area contributed by atoms with Gasteiger partial charge in [-0.25, -0.2) is 0 Å². The standard InChI is InChI=1S/C12H16O3/c1-3-12(13)15-10(2)14-9-11-7-5-4-6-8-11/h4-8,10H,3,9H2,1-2H3/t10-/m0/s1. The van der Waals surface area contributed by atoms with E-state index < -0.39 is 6.29 Å². The van der Waals surface area contributed by atoms with Crippen molar-refractivity contribution in [1.29, 1.82) is 0 Å². The maximum atomic E-state index is 10.9. The third-order valence-electron chi connectivity index (χ3n) is 1.91. The van der Waals surface area contributed by atoms with Crippen LogP contribution >= 0.6 is 0 Å². The Morgan fingerprint density at radius 3 is 2.60 bits per heavy atom. The van der Waals surface area contributed by atoms with E-state index >= 15 is 0 Å². The quantitative estimate of drug-likeness (QED) is 0.551. The van der Waals surface area contributed by atoms with E-state index in [2.05, 4.69) is 0 Å². The molecule has 0 spiro atoms. The molecule has 1 atom stereocenters. The summed E-state index contributed by atoms with van der Waals surface area (Å²) in [7, 11) is 0. The summed E-state index contributed by atoms with van der Waals surface area (Å²) in [5.41, 5.74) is 1.07. The molecule has 0 amide bonds. The number of hydrogen-bond donors (Lipinski definition) is 0. The molecule has 0 aliphatic heterocycles. The smallest absolute Gasteiger partial charge is 0.307 e. The lowest BCUT2D eigenvalue weighted by atomic mass is 10.2. The Morgan fingerprint density at radius 1 is 1.33 bits per heavy atom. The van der Waals surface area contributed by atoms with Crippen LogP contribution < -0.4 is 0 Å². The Hall–Kier alpha value is -1.35. The summed E-state index contributed by atoms with van der Waals surface area (Å²) in [6.07, 6.45) is -0.114. The number of esters is 1. The summed E-state index contributed by atoms with van der Waals surface area (Å²) in [5, 5.41) is 0. The van der Waals surface area contributed by atoms with Crippen LogP contribution in [-0.2, 0) is 20.9 Å². The van der Waals surface area contributed by atoms with Crippen LogP contribution in [0.1, 0.15) is 25.8 Å². The van der Waals surface area contributed by atoms with Crippen LogP contribution in [0.3, 0.4) is 0 Å². The maximum Gasteiger partial charge on any atom is 0.307 e. The highest BCUT2D eigenvalue weighted by molar-refractivity contribution is 5.68. The SMILES string of the molecule is CCC(=O)O[C@@H](C)OCc1ccccc1. The van der Waals surface area contributed by atoms with Gasteiger partial charge in [0.1, 0.15) is 0 Å². The Kier molecular flexibility index (Phi) is 4.84. The van der Waals surface area contributed by atoms with E-state index in [1.165, 1.54) is 0 Å². The number of benzene rings is 1.